The third-order valence-corrected chi connectivity index (χ3v) is 5.62. The second-order valence-electron chi connectivity index (χ2n) is 4.32. The highest BCUT2D eigenvalue weighted by atomic mass is 32.2. The van der Waals surface area contributed by atoms with Crippen LogP contribution in [-0.4, -0.2) is 27.9 Å². The van der Waals surface area contributed by atoms with E-state index in [1.807, 2.05) is 37.3 Å². The third-order valence-electron chi connectivity index (χ3n) is 2.65. The Balaban J connectivity index is 2.21. The second-order valence-corrected chi connectivity index (χ2v) is 7.05. The fourth-order valence-electron chi connectivity index (χ4n) is 1.69. The van der Waals surface area contributed by atoms with Gasteiger partial charge >= 0.3 is 5.97 Å². The molecule has 0 aliphatic carbocycles. The Hall–Kier alpha value is -1.46. The number of hydrogen-bond acceptors (Lipinski definition) is 4. The minimum absolute atomic E-state index is 0.114. The number of hydrogen-bond donors (Lipinski definition) is 1. The molecule has 104 valence electrons. The topological polar surface area (TPSA) is 54.4 Å². The zero-order chi connectivity index (χ0) is 14.5. The number of ketones is 1. The fourth-order valence-corrected chi connectivity index (χ4v) is 4.52. The fraction of sp³-hybridized carbons (Fsp3) is 0.200. The van der Waals surface area contributed by atoms with Crippen molar-refractivity contribution in [3.63, 3.8) is 0 Å². The van der Waals surface area contributed by atoms with E-state index >= 15 is 0 Å². The third kappa shape index (κ3) is 3.77. The zero-order valence-electron chi connectivity index (χ0n) is 10.9. The number of carboxylic acid groups (broad SMARTS) is 1. The Bertz CT molecular complexity index is 576. The minimum atomic E-state index is -1.16. The first kappa shape index (κ1) is 14.9. The van der Waals surface area contributed by atoms with Gasteiger partial charge in [0.15, 0.2) is 5.78 Å². The number of carbonyl (C=O) groups is 2. The van der Waals surface area contributed by atoms with E-state index in [4.69, 9.17) is 0 Å². The van der Waals surface area contributed by atoms with Crippen LogP contribution in [0.2, 0.25) is 0 Å². The van der Waals surface area contributed by atoms with Crippen LogP contribution in [0.3, 0.4) is 0 Å². The monoisotopic (exact) mass is 306 g/mol. The summed E-state index contributed by atoms with van der Waals surface area (Å²) in [7, 11) is 0. The number of allylic oxidation sites excluding steroid dienone is 1. The van der Waals surface area contributed by atoms with Gasteiger partial charge < -0.3 is 5.11 Å². The number of thioether (sulfide) groups is 2. The minimum Gasteiger partial charge on any atom is -0.477 e. The molecule has 1 N–H and O–H groups in total. The highest BCUT2D eigenvalue weighted by Crippen LogP contribution is 2.43. The first-order valence-corrected chi connectivity index (χ1v) is 7.99. The van der Waals surface area contributed by atoms with Crippen LogP contribution in [0.5, 0.6) is 0 Å². The van der Waals surface area contributed by atoms with E-state index in [-0.39, 0.29) is 5.57 Å². The van der Waals surface area contributed by atoms with E-state index in [0.29, 0.717) is 9.49 Å². The molecule has 1 atom stereocenters. The van der Waals surface area contributed by atoms with Crippen LogP contribution in [0.25, 0.3) is 6.08 Å². The van der Waals surface area contributed by atoms with E-state index in [0.717, 1.165) is 11.3 Å². The van der Waals surface area contributed by atoms with Crippen molar-refractivity contribution in [3.8, 4) is 0 Å². The molecule has 20 heavy (non-hydrogen) atoms. The molecule has 0 amide bonds. The standard InChI is InChI=1S/C15H14O3S2/c1-10-9-19-15(20-10)13(14(17)18)12(16)8-7-11-5-3-2-4-6-11/h2-8,10H,9H2,1H3,(H,17,18)/b8-7+,15-13+/t10-/m1/s1. The van der Waals surface area contributed by atoms with Crippen LogP contribution in [0.1, 0.15) is 12.5 Å². The van der Waals surface area contributed by atoms with Gasteiger partial charge in [0.05, 0.1) is 4.24 Å². The SMILES string of the molecule is C[C@@H]1CS/C(=C(\C(=O)O)C(=O)/C=C/c2ccccc2)S1. The molecule has 1 aliphatic rings. The number of benzene rings is 1. The van der Waals surface area contributed by atoms with Crippen LogP contribution in [0, 0.1) is 0 Å². The molecule has 0 saturated carbocycles. The molecule has 1 aromatic carbocycles. The van der Waals surface area contributed by atoms with Crippen LogP contribution in [0.15, 0.2) is 46.2 Å². The molecule has 2 rings (SSSR count). The molecule has 1 saturated heterocycles. The van der Waals surface area contributed by atoms with Gasteiger partial charge in [0.1, 0.15) is 5.57 Å². The predicted molar refractivity (Wildman–Crippen MR) is 84.7 cm³/mol. The quantitative estimate of drug-likeness (QED) is 0.525. The van der Waals surface area contributed by atoms with Crippen molar-refractivity contribution in [2.24, 2.45) is 0 Å². The van der Waals surface area contributed by atoms with E-state index in [1.54, 1.807) is 6.08 Å². The smallest absolute Gasteiger partial charge is 0.341 e. The molecule has 0 aromatic heterocycles. The number of carbonyl (C=O) groups excluding carboxylic acids is 1. The first-order chi connectivity index (χ1) is 9.58. The van der Waals surface area contributed by atoms with Crippen molar-refractivity contribution in [2.45, 2.75) is 12.2 Å². The van der Waals surface area contributed by atoms with Crippen LogP contribution >= 0.6 is 23.5 Å². The van der Waals surface area contributed by atoms with Gasteiger partial charge in [-0.2, -0.15) is 0 Å². The Morgan fingerprint density at radius 3 is 2.55 bits per heavy atom. The summed E-state index contributed by atoms with van der Waals surface area (Å²) in [4.78, 5) is 23.4. The van der Waals surface area contributed by atoms with Crippen LogP contribution < -0.4 is 0 Å². The Morgan fingerprint density at radius 1 is 1.30 bits per heavy atom. The molecule has 0 spiro atoms. The Labute approximate surface area is 126 Å². The Kier molecular flexibility index (Phi) is 5.09. The molecule has 1 aliphatic heterocycles. The van der Waals surface area contributed by atoms with Crippen LogP contribution in [-0.2, 0) is 9.59 Å². The van der Waals surface area contributed by atoms with Crippen LogP contribution in [0.4, 0.5) is 0 Å². The molecular formula is C15H14O3S2. The van der Waals surface area contributed by atoms with E-state index in [9.17, 15) is 14.7 Å². The lowest BCUT2D eigenvalue weighted by Crippen LogP contribution is -2.11. The van der Waals surface area contributed by atoms with Gasteiger partial charge in [0, 0.05) is 11.0 Å². The van der Waals surface area contributed by atoms with Gasteiger partial charge in [0.2, 0.25) is 0 Å². The van der Waals surface area contributed by atoms with Gasteiger partial charge in [0.25, 0.3) is 0 Å². The maximum absolute atomic E-state index is 12.1. The molecule has 1 fully saturated rings. The second kappa shape index (κ2) is 6.81. The highest BCUT2D eigenvalue weighted by molar-refractivity contribution is 8.25. The van der Waals surface area contributed by atoms with Gasteiger partial charge in [-0.25, -0.2) is 4.79 Å². The predicted octanol–water partition coefficient (Wildman–Crippen LogP) is 3.43. The van der Waals surface area contributed by atoms with Crippen molar-refractivity contribution in [1.29, 1.82) is 0 Å². The maximum atomic E-state index is 12.1. The van der Waals surface area contributed by atoms with Crippen molar-refractivity contribution < 1.29 is 14.7 Å². The summed E-state index contributed by atoms with van der Waals surface area (Å²) < 4.78 is 0.618. The maximum Gasteiger partial charge on any atom is 0.341 e. The van der Waals surface area contributed by atoms with Crippen molar-refractivity contribution >= 4 is 41.4 Å². The van der Waals surface area contributed by atoms with Gasteiger partial charge in [-0.15, -0.1) is 23.5 Å². The lowest BCUT2D eigenvalue weighted by molar-refractivity contribution is -0.134. The van der Waals surface area contributed by atoms with Gasteiger partial charge in [-0.3, -0.25) is 4.79 Å². The summed E-state index contributed by atoms with van der Waals surface area (Å²) >= 11 is 2.90. The van der Waals surface area contributed by atoms with E-state index in [1.165, 1.54) is 29.6 Å². The summed E-state index contributed by atoms with van der Waals surface area (Å²) in [5, 5.41) is 9.59. The number of carboxylic acids is 1. The molecule has 0 unspecified atom stereocenters. The molecular weight excluding hydrogens is 292 g/mol. The summed E-state index contributed by atoms with van der Waals surface area (Å²) in [5.74, 6) is -0.769. The molecule has 0 radical (unpaired) electrons. The summed E-state index contributed by atoms with van der Waals surface area (Å²) in [6, 6.07) is 9.34. The van der Waals surface area contributed by atoms with E-state index < -0.39 is 11.8 Å². The summed E-state index contributed by atoms with van der Waals surface area (Å²) in [6.07, 6.45) is 2.97. The zero-order valence-corrected chi connectivity index (χ0v) is 12.5. The highest BCUT2D eigenvalue weighted by Gasteiger charge is 2.27. The average molecular weight is 306 g/mol. The first-order valence-electron chi connectivity index (χ1n) is 6.12. The lowest BCUT2D eigenvalue weighted by Gasteiger charge is -2.02. The summed E-state index contributed by atoms with van der Waals surface area (Å²) in [5.41, 5.74) is 0.757. The summed E-state index contributed by atoms with van der Waals surface area (Å²) in [6.45, 7) is 2.02. The molecule has 1 aromatic rings. The largest absolute Gasteiger partial charge is 0.477 e. The normalized spacial score (nSPS) is 21.1. The molecule has 5 heteroatoms. The Morgan fingerprint density at radius 2 is 2.00 bits per heavy atom. The van der Waals surface area contributed by atoms with Gasteiger partial charge in [-0.1, -0.05) is 43.3 Å². The van der Waals surface area contributed by atoms with Crippen molar-refractivity contribution in [2.75, 3.05) is 5.75 Å². The van der Waals surface area contributed by atoms with Crippen molar-refractivity contribution in [3.05, 3.63) is 51.8 Å². The average Bonchev–Trinajstić information content (AvgIpc) is 2.83. The molecule has 0 bridgehead atoms. The van der Waals surface area contributed by atoms with Gasteiger partial charge in [-0.05, 0) is 11.6 Å². The number of rotatable bonds is 4. The molecule has 1 heterocycles. The number of aliphatic carboxylic acids is 1. The van der Waals surface area contributed by atoms with Crippen molar-refractivity contribution in [1.82, 2.24) is 0 Å². The molecule has 3 nitrogen and oxygen atoms in total. The van der Waals surface area contributed by atoms with E-state index in [2.05, 4.69) is 0 Å². The lowest BCUT2D eigenvalue weighted by atomic mass is 10.1.